The van der Waals surface area contributed by atoms with Crippen LogP contribution in [0.2, 0.25) is 5.02 Å². The molecule has 0 unspecified atom stereocenters. The van der Waals surface area contributed by atoms with Crippen molar-refractivity contribution in [1.82, 2.24) is 15.2 Å². The van der Waals surface area contributed by atoms with Crippen LogP contribution in [0, 0.1) is 0 Å². The smallest absolute Gasteiger partial charge is 0.254 e. The molecule has 8 nitrogen and oxygen atoms in total. The number of carbonyl (C=O) groups excluding carboxylic acids is 2. The fourth-order valence-electron chi connectivity index (χ4n) is 3.66. The Labute approximate surface area is 214 Å². The summed E-state index contributed by atoms with van der Waals surface area (Å²) in [6, 6.07) is 16.4. The Hall–Kier alpha value is -3.88. The number of hydrogen-bond donors (Lipinski definition) is 2. The average Bonchev–Trinajstić information content (AvgIpc) is 2.91. The molecule has 1 saturated heterocycles. The van der Waals surface area contributed by atoms with Crippen LogP contribution in [-0.4, -0.2) is 61.2 Å². The highest BCUT2D eigenvalue weighted by Gasteiger charge is 2.19. The highest BCUT2D eigenvalue weighted by molar-refractivity contribution is 6.32. The summed E-state index contributed by atoms with van der Waals surface area (Å²) in [6.07, 6.45) is 4.67. The van der Waals surface area contributed by atoms with Crippen LogP contribution in [-0.2, 0) is 9.53 Å². The largest absolute Gasteiger partial charge is 0.490 e. The van der Waals surface area contributed by atoms with Gasteiger partial charge in [0.05, 0.1) is 24.8 Å². The van der Waals surface area contributed by atoms with Crippen molar-refractivity contribution < 1.29 is 19.1 Å². The number of halogens is 1. The zero-order chi connectivity index (χ0) is 25.3. The van der Waals surface area contributed by atoms with E-state index in [1.54, 1.807) is 41.4 Å². The predicted molar refractivity (Wildman–Crippen MR) is 140 cm³/mol. The number of aromatic nitrogens is 1. The van der Waals surface area contributed by atoms with Gasteiger partial charge in [0.2, 0.25) is 5.91 Å². The number of nitrogens with two attached hydrogens (primary N) is 1. The normalized spacial score (nSPS) is 13.5. The van der Waals surface area contributed by atoms with E-state index in [9.17, 15) is 9.59 Å². The second-order valence-electron chi connectivity index (χ2n) is 8.12. The lowest BCUT2D eigenvalue weighted by Gasteiger charge is -2.27. The predicted octanol–water partition coefficient (Wildman–Crippen LogP) is 3.67. The summed E-state index contributed by atoms with van der Waals surface area (Å²) < 4.78 is 11.1. The molecule has 0 radical (unpaired) electrons. The van der Waals surface area contributed by atoms with Gasteiger partial charge in [0.25, 0.3) is 5.91 Å². The van der Waals surface area contributed by atoms with Crippen LogP contribution >= 0.6 is 11.6 Å². The van der Waals surface area contributed by atoms with Gasteiger partial charge in [-0.1, -0.05) is 29.8 Å². The first kappa shape index (κ1) is 25.2. The van der Waals surface area contributed by atoms with Gasteiger partial charge < -0.3 is 25.4 Å². The molecule has 2 heterocycles. The van der Waals surface area contributed by atoms with Gasteiger partial charge in [-0.25, -0.2) is 4.98 Å². The van der Waals surface area contributed by atoms with Gasteiger partial charge in [-0.3, -0.25) is 9.59 Å². The minimum absolute atomic E-state index is 0.00627. The Morgan fingerprint density at radius 1 is 1.11 bits per heavy atom. The lowest BCUT2D eigenvalue weighted by molar-refractivity contribution is -0.116. The van der Waals surface area contributed by atoms with Crippen molar-refractivity contribution in [3.05, 3.63) is 83.0 Å². The molecule has 1 aromatic heterocycles. The topological polar surface area (TPSA) is 107 Å². The molecule has 2 amide bonds. The molecule has 186 valence electrons. The Bertz CT molecular complexity index is 1240. The van der Waals surface area contributed by atoms with E-state index >= 15 is 0 Å². The lowest BCUT2D eigenvalue weighted by Crippen LogP contribution is -2.40. The lowest BCUT2D eigenvalue weighted by atomic mass is 10.0. The van der Waals surface area contributed by atoms with Crippen molar-refractivity contribution in [3.8, 4) is 16.9 Å². The molecule has 1 aliphatic heterocycles. The van der Waals surface area contributed by atoms with Gasteiger partial charge in [-0.15, -0.1) is 0 Å². The average molecular weight is 507 g/mol. The molecular formula is C27H27ClN4O4. The molecule has 36 heavy (non-hydrogen) atoms. The van der Waals surface area contributed by atoms with Crippen molar-refractivity contribution in [1.29, 1.82) is 0 Å². The molecule has 0 bridgehead atoms. The number of nitrogens with one attached hydrogen (secondary N) is 1. The van der Waals surface area contributed by atoms with E-state index < -0.39 is 0 Å². The third-order valence-corrected chi connectivity index (χ3v) is 5.86. The van der Waals surface area contributed by atoms with Crippen LogP contribution in [0.4, 0.5) is 5.82 Å². The van der Waals surface area contributed by atoms with E-state index in [2.05, 4.69) is 10.3 Å². The zero-order valence-electron chi connectivity index (χ0n) is 19.7. The highest BCUT2D eigenvalue weighted by Crippen LogP contribution is 2.31. The quantitative estimate of drug-likeness (QED) is 0.356. The number of rotatable bonds is 8. The molecule has 0 saturated carbocycles. The van der Waals surface area contributed by atoms with E-state index in [1.165, 1.54) is 6.08 Å². The van der Waals surface area contributed by atoms with Gasteiger partial charge in [0, 0.05) is 30.9 Å². The molecular weight excluding hydrogens is 480 g/mol. The number of benzene rings is 2. The number of nitrogens with zero attached hydrogens (tertiary/aromatic N) is 2. The summed E-state index contributed by atoms with van der Waals surface area (Å²) in [5.41, 5.74) is 8.71. The van der Waals surface area contributed by atoms with Crippen LogP contribution < -0.4 is 15.8 Å². The van der Waals surface area contributed by atoms with Crippen molar-refractivity contribution in [3.63, 3.8) is 0 Å². The van der Waals surface area contributed by atoms with E-state index in [4.69, 9.17) is 26.8 Å². The maximum atomic E-state index is 12.8. The van der Waals surface area contributed by atoms with E-state index in [0.29, 0.717) is 55.0 Å². The fourth-order valence-corrected chi connectivity index (χ4v) is 3.89. The standard InChI is InChI=1S/C27H27ClN4O4/c28-23-17-21(20-2-1-3-22(16-20)27(34)32-11-14-35-15-12-32)6-7-24(23)36-13-10-30-26(33)9-5-19-4-8-25(29)31-18-19/h1-9,16-18H,10-15H2,(H2,29,31)(H,30,33). The van der Waals surface area contributed by atoms with Crippen LogP contribution in [0.15, 0.2) is 66.9 Å². The second kappa shape index (κ2) is 12.2. The molecule has 1 fully saturated rings. The number of morpholine rings is 1. The Morgan fingerprint density at radius 2 is 1.92 bits per heavy atom. The minimum atomic E-state index is -0.247. The molecule has 0 atom stereocenters. The van der Waals surface area contributed by atoms with Gasteiger partial charge in [-0.2, -0.15) is 0 Å². The minimum Gasteiger partial charge on any atom is -0.490 e. The SMILES string of the molecule is Nc1ccc(C=CC(=O)NCCOc2ccc(-c3cccc(C(=O)N4CCOCC4)c3)cc2Cl)cn1. The van der Waals surface area contributed by atoms with Crippen LogP contribution in [0.5, 0.6) is 5.75 Å². The maximum Gasteiger partial charge on any atom is 0.254 e. The summed E-state index contributed by atoms with van der Waals surface area (Å²) in [5, 5.41) is 3.20. The van der Waals surface area contributed by atoms with Crippen LogP contribution in [0.1, 0.15) is 15.9 Å². The fraction of sp³-hybridized carbons (Fsp3) is 0.222. The summed E-state index contributed by atoms with van der Waals surface area (Å²) >= 11 is 6.45. The van der Waals surface area contributed by atoms with Crippen molar-refractivity contribution in [2.24, 2.45) is 0 Å². The van der Waals surface area contributed by atoms with E-state index in [-0.39, 0.29) is 18.4 Å². The van der Waals surface area contributed by atoms with Crippen LogP contribution in [0.25, 0.3) is 17.2 Å². The summed E-state index contributed by atoms with van der Waals surface area (Å²) in [7, 11) is 0. The number of anilines is 1. The molecule has 3 N–H and O–H groups in total. The number of nitrogen functional groups attached to an aromatic ring is 1. The first-order valence-electron chi connectivity index (χ1n) is 11.6. The Morgan fingerprint density at radius 3 is 2.67 bits per heavy atom. The molecule has 1 aliphatic rings. The molecule has 3 aromatic rings. The number of pyridine rings is 1. The first-order valence-corrected chi connectivity index (χ1v) is 11.9. The van der Waals surface area contributed by atoms with Crippen molar-refractivity contribution >= 4 is 35.3 Å². The van der Waals surface area contributed by atoms with E-state index in [1.807, 2.05) is 30.3 Å². The number of amides is 2. The Kier molecular flexibility index (Phi) is 8.54. The van der Waals surface area contributed by atoms with Gasteiger partial charge in [0.15, 0.2) is 0 Å². The second-order valence-corrected chi connectivity index (χ2v) is 8.53. The van der Waals surface area contributed by atoms with Gasteiger partial charge >= 0.3 is 0 Å². The van der Waals surface area contributed by atoms with Gasteiger partial charge in [0.1, 0.15) is 18.2 Å². The summed E-state index contributed by atoms with van der Waals surface area (Å²) in [4.78, 5) is 30.6. The maximum absolute atomic E-state index is 12.8. The number of carbonyl (C=O) groups is 2. The molecule has 2 aromatic carbocycles. The molecule has 0 spiro atoms. The summed E-state index contributed by atoms with van der Waals surface area (Å²) in [6.45, 7) is 2.88. The van der Waals surface area contributed by atoms with Gasteiger partial charge in [-0.05, 0) is 59.2 Å². The number of ether oxygens (including phenoxy) is 2. The van der Waals surface area contributed by atoms with Crippen molar-refractivity contribution in [2.75, 3.05) is 45.2 Å². The molecule has 4 rings (SSSR count). The highest BCUT2D eigenvalue weighted by atomic mass is 35.5. The first-order chi connectivity index (χ1) is 17.5. The molecule has 9 heteroatoms. The molecule has 0 aliphatic carbocycles. The third kappa shape index (κ3) is 6.84. The number of hydrogen-bond acceptors (Lipinski definition) is 6. The van der Waals surface area contributed by atoms with Crippen LogP contribution in [0.3, 0.4) is 0 Å². The zero-order valence-corrected chi connectivity index (χ0v) is 20.4. The van der Waals surface area contributed by atoms with Crippen molar-refractivity contribution in [2.45, 2.75) is 0 Å². The summed E-state index contributed by atoms with van der Waals surface area (Å²) in [5.74, 6) is 0.683. The monoisotopic (exact) mass is 506 g/mol. The van der Waals surface area contributed by atoms with E-state index in [0.717, 1.165) is 16.7 Å². The Balaban J connectivity index is 1.29. The third-order valence-electron chi connectivity index (χ3n) is 5.57.